The average molecular weight is 331 g/mol. The van der Waals surface area contributed by atoms with Gasteiger partial charge in [-0.15, -0.1) is 0 Å². The molecule has 3 rings (SSSR count). The van der Waals surface area contributed by atoms with Crippen molar-refractivity contribution in [1.29, 1.82) is 5.26 Å². The van der Waals surface area contributed by atoms with E-state index in [4.69, 9.17) is 22.6 Å². The highest BCUT2D eigenvalue weighted by Gasteiger charge is 2.18. The molecule has 0 atom stereocenters. The summed E-state index contributed by atoms with van der Waals surface area (Å²) in [6.07, 6.45) is 1.63. The number of hydrogen-bond donors (Lipinski definition) is 1. The number of nitrogens with zero attached hydrogens (tertiary/aromatic N) is 5. The van der Waals surface area contributed by atoms with Crippen molar-refractivity contribution in [2.45, 2.75) is 0 Å². The molecule has 0 aliphatic heterocycles. The van der Waals surface area contributed by atoms with E-state index in [1.165, 1.54) is 11.0 Å². The number of hydrogen-bond acceptors (Lipinski definition) is 5. The van der Waals surface area contributed by atoms with Crippen LogP contribution in [0.3, 0.4) is 0 Å². The van der Waals surface area contributed by atoms with Crippen LogP contribution in [0.15, 0.2) is 24.5 Å². The molecule has 6 nitrogen and oxygen atoms in total. The Balaban J connectivity index is 2.16. The van der Waals surface area contributed by atoms with Crippen LogP contribution in [0.2, 0.25) is 5.02 Å². The number of rotatable bonds is 2. The zero-order valence-corrected chi connectivity index (χ0v) is 13.1. The third-order valence-electron chi connectivity index (χ3n) is 3.55. The predicted octanol–water partition coefficient (Wildman–Crippen LogP) is 2.98. The highest BCUT2D eigenvalue weighted by atomic mass is 35.5. The summed E-state index contributed by atoms with van der Waals surface area (Å²) in [6.45, 7) is 0. The largest absolute Gasteiger partial charge is 0.382 e. The van der Waals surface area contributed by atoms with E-state index in [0.29, 0.717) is 11.3 Å². The first-order chi connectivity index (χ1) is 10.9. The van der Waals surface area contributed by atoms with Crippen LogP contribution in [0.1, 0.15) is 5.56 Å². The van der Waals surface area contributed by atoms with E-state index in [-0.39, 0.29) is 22.1 Å². The quantitative estimate of drug-likeness (QED) is 0.781. The maximum absolute atomic E-state index is 14.3. The van der Waals surface area contributed by atoms with Crippen molar-refractivity contribution in [2.75, 3.05) is 17.7 Å². The lowest BCUT2D eigenvalue weighted by Gasteiger charge is -2.21. The number of aromatic nitrogens is 3. The Hall–Kier alpha value is -2.85. The van der Waals surface area contributed by atoms with Crippen LogP contribution in [0.5, 0.6) is 0 Å². The van der Waals surface area contributed by atoms with E-state index in [1.54, 1.807) is 24.0 Å². The number of halogens is 2. The molecule has 8 heteroatoms. The third-order valence-corrected chi connectivity index (χ3v) is 3.84. The van der Waals surface area contributed by atoms with Gasteiger partial charge in [0, 0.05) is 20.2 Å². The predicted molar refractivity (Wildman–Crippen MR) is 87.1 cm³/mol. The minimum atomic E-state index is -0.609. The summed E-state index contributed by atoms with van der Waals surface area (Å²) < 4.78 is 16.1. The molecule has 0 saturated heterocycles. The van der Waals surface area contributed by atoms with Crippen LogP contribution in [0, 0.1) is 17.1 Å². The average Bonchev–Trinajstić information content (AvgIpc) is 2.88. The molecule has 23 heavy (non-hydrogen) atoms. The lowest BCUT2D eigenvalue weighted by Crippen LogP contribution is -2.14. The number of nitriles is 1. The summed E-state index contributed by atoms with van der Waals surface area (Å²) in [5.41, 5.74) is 7.55. The van der Waals surface area contributed by atoms with Crippen molar-refractivity contribution < 1.29 is 4.39 Å². The second-order valence-electron chi connectivity index (χ2n) is 5.05. The summed E-state index contributed by atoms with van der Waals surface area (Å²) in [6, 6.07) is 6.14. The number of imidazole rings is 1. The van der Waals surface area contributed by atoms with Gasteiger partial charge in [-0.1, -0.05) is 11.6 Å². The molecule has 0 spiro atoms. The molecule has 0 unspecified atom stereocenters. The van der Waals surface area contributed by atoms with Crippen LogP contribution in [0.25, 0.3) is 11.0 Å². The topological polar surface area (TPSA) is 83.8 Å². The molecule has 0 saturated carbocycles. The van der Waals surface area contributed by atoms with Crippen molar-refractivity contribution in [3.05, 3.63) is 40.9 Å². The van der Waals surface area contributed by atoms with E-state index in [2.05, 4.69) is 9.97 Å². The Morgan fingerprint density at radius 3 is 2.78 bits per heavy atom. The van der Waals surface area contributed by atoms with Crippen LogP contribution in [-0.2, 0) is 7.05 Å². The Morgan fingerprint density at radius 2 is 2.13 bits per heavy atom. The fourth-order valence-corrected chi connectivity index (χ4v) is 2.71. The molecule has 2 aromatic heterocycles. The van der Waals surface area contributed by atoms with Crippen LogP contribution in [0.4, 0.5) is 21.7 Å². The molecular weight excluding hydrogens is 319 g/mol. The first-order valence-electron chi connectivity index (χ1n) is 6.62. The van der Waals surface area contributed by atoms with Gasteiger partial charge in [0.15, 0.2) is 5.82 Å². The lowest BCUT2D eigenvalue weighted by molar-refractivity contribution is 0.627. The van der Waals surface area contributed by atoms with Crippen LogP contribution < -0.4 is 10.6 Å². The highest BCUT2D eigenvalue weighted by molar-refractivity contribution is 6.33. The molecule has 0 aliphatic carbocycles. The van der Waals surface area contributed by atoms with E-state index in [9.17, 15) is 4.39 Å². The molecule has 0 fully saturated rings. The second-order valence-corrected chi connectivity index (χ2v) is 5.46. The maximum atomic E-state index is 14.3. The Kier molecular flexibility index (Phi) is 3.54. The van der Waals surface area contributed by atoms with Crippen molar-refractivity contribution in [3.8, 4) is 6.07 Å². The fraction of sp³-hybridized carbons (Fsp3) is 0.133. The van der Waals surface area contributed by atoms with Gasteiger partial charge in [-0.25, -0.2) is 14.4 Å². The third kappa shape index (κ3) is 2.43. The molecule has 0 radical (unpaired) electrons. The molecule has 2 N–H and O–H groups in total. The zero-order chi connectivity index (χ0) is 16.7. The number of nitrogen functional groups attached to an aromatic ring is 1. The van der Waals surface area contributed by atoms with Gasteiger partial charge in [0.2, 0.25) is 0 Å². The fourth-order valence-electron chi connectivity index (χ4n) is 2.38. The van der Waals surface area contributed by atoms with Gasteiger partial charge in [-0.3, -0.25) is 0 Å². The Labute approximate surface area is 136 Å². The van der Waals surface area contributed by atoms with Crippen LogP contribution in [-0.4, -0.2) is 21.6 Å². The number of pyridine rings is 1. The Bertz CT molecular complexity index is 935. The highest BCUT2D eigenvalue weighted by Crippen LogP contribution is 2.35. The van der Waals surface area contributed by atoms with E-state index >= 15 is 0 Å². The second kappa shape index (κ2) is 5.41. The Morgan fingerprint density at radius 1 is 1.39 bits per heavy atom. The minimum absolute atomic E-state index is 0.120. The van der Waals surface area contributed by atoms with Gasteiger partial charge in [0.05, 0.1) is 34.2 Å². The zero-order valence-electron chi connectivity index (χ0n) is 12.4. The smallest absolute Gasteiger partial charge is 0.154 e. The van der Waals surface area contributed by atoms with Gasteiger partial charge < -0.3 is 15.2 Å². The molecule has 0 amide bonds. The summed E-state index contributed by atoms with van der Waals surface area (Å²) in [7, 11) is 3.45. The molecular formula is C15H12ClFN6. The SMILES string of the molecule is CN(c1cc2c(ncn2C)c(N)n1)c1c(F)cc(C#N)cc1Cl. The molecule has 3 aromatic rings. The van der Waals surface area contributed by atoms with Crippen molar-refractivity contribution in [1.82, 2.24) is 14.5 Å². The number of anilines is 3. The number of aryl methyl sites for hydroxylation is 1. The molecule has 0 bridgehead atoms. The van der Waals surface area contributed by atoms with Gasteiger partial charge in [0.1, 0.15) is 17.2 Å². The first kappa shape index (κ1) is 15.1. The summed E-state index contributed by atoms with van der Waals surface area (Å²) in [5, 5.41) is 8.99. The van der Waals surface area contributed by atoms with Gasteiger partial charge in [0.25, 0.3) is 0 Å². The normalized spacial score (nSPS) is 10.7. The molecule has 0 aliphatic rings. The number of fused-ring (bicyclic) bond motifs is 1. The van der Waals surface area contributed by atoms with Gasteiger partial charge in [-0.2, -0.15) is 5.26 Å². The molecule has 116 valence electrons. The number of benzene rings is 1. The van der Waals surface area contributed by atoms with Crippen molar-refractivity contribution >= 4 is 40.0 Å². The van der Waals surface area contributed by atoms with Crippen molar-refractivity contribution in [3.63, 3.8) is 0 Å². The number of nitrogens with two attached hydrogens (primary N) is 1. The van der Waals surface area contributed by atoms with E-state index in [0.717, 1.165) is 11.6 Å². The minimum Gasteiger partial charge on any atom is -0.382 e. The lowest BCUT2D eigenvalue weighted by atomic mass is 10.2. The van der Waals surface area contributed by atoms with Gasteiger partial charge in [-0.05, 0) is 12.1 Å². The summed E-state index contributed by atoms with van der Waals surface area (Å²) >= 11 is 6.12. The van der Waals surface area contributed by atoms with Crippen molar-refractivity contribution in [2.24, 2.45) is 7.05 Å². The molecule has 2 heterocycles. The van der Waals surface area contributed by atoms with E-state index in [1.807, 2.05) is 13.1 Å². The molecule has 1 aromatic carbocycles. The van der Waals surface area contributed by atoms with E-state index < -0.39 is 5.82 Å². The van der Waals surface area contributed by atoms with Crippen LogP contribution >= 0.6 is 11.6 Å². The maximum Gasteiger partial charge on any atom is 0.154 e. The summed E-state index contributed by atoms with van der Waals surface area (Å²) in [5.74, 6) is 0.0567. The standard InChI is InChI=1S/C15H12ClFN6/c1-22-7-20-13-11(22)5-12(21-15(13)19)23(2)14-9(16)3-8(6-18)4-10(14)17/h3-5,7H,1-2H3,(H2,19,21). The van der Waals surface area contributed by atoms with Gasteiger partial charge >= 0.3 is 0 Å². The monoisotopic (exact) mass is 330 g/mol. The summed E-state index contributed by atoms with van der Waals surface area (Å²) in [4.78, 5) is 9.91. The first-order valence-corrected chi connectivity index (χ1v) is 7.00.